The van der Waals surface area contributed by atoms with Crippen LogP contribution in [0.3, 0.4) is 0 Å². The Morgan fingerprint density at radius 1 is 1.53 bits per heavy atom. The molecule has 0 aliphatic heterocycles. The van der Waals surface area contributed by atoms with Crippen LogP contribution in [0.15, 0.2) is 18.2 Å². The monoisotopic (exact) mass is 208 g/mol. The lowest BCUT2D eigenvalue weighted by molar-refractivity contribution is 0.626. The second-order valence-corrected chi connectivity index (χ2v) is 4.56. The van der Waals surface area contributed by atoms with Gasteiger partial charge in [-0.1, -0.05) is 6.92 Å². The maximum atomic E-state index is 13.1. The van der Waals surface area contributed by atoms with E-state index in [0.717, 1.165) is 24.1 Å². The Labute approximate surface area is 89.9 Å². The van der Waals surface area contributed by atoms with Crippen molar-refractivity contribution in [1.29, 1.82) is 0 Å². The summed E-state index contributed by atoms with van der Waals surface area (Å²) >= 11 is 0. The molecule has 2 N–H and O–H groups in total. The molecule has 0 aromatic heterocycles. The van der Waals surface area contributed by atoms with Crippen molar-refractivity contribution >= 4 is 11.4 Å². The van der Waals surface area contributed by atoms with Gasteiger partial charge in [-0.15, -0.1) is 0 Å². The number of anilines is 2. The van der Waals surface area contributed by atoms with Crippen LogP contribution in [0.1, 0.15) is 13.3 Å². The average molecular weight is 208 g/mol. The molecule has 1 saturated carbocycles. The van der Waals surface area contributed by atoms with E-state index < -0.39 is 0 Å². The molecule has 3 heteroatoms. The molecular formula is C12H17FN2. The first-order chi connectivity index (χ1) is 7.08. The fourth-order valence-corrected chi connectivity index (χ4v) is 1.95. The lowest BCUT2D eigenvalue weighted by Gasteiger charge is -2.21. The summed E-state index contributed by atoms with van der Waals surface area (Å²) in [7, 11) is 1.97. The van der Waals surface area contributed by atoms with Gasteiger partial charge in [-0.25, -0.2) is 4.39 Å². The van der Waals surface area contributed by atoms with E-state index in [4.69, 9.17) is 5.73 Å². The van der Waals surface area contributed by atoms with Crippen LogP contribution in [0.25, 0.3) is 0 Å². The Morgan fingerprint density at radius 3 is 2.80 bits per heavy atom. The summed E-state index contributed by atoms with van der Waals surface area (Å²) in [4.78, 5) is 2.05. The normalized spacial score (nSPS) is 23.9. The van der Waals surface area contributed by atoms with Crippen molar-refractivity contribution in [2.45, 2.75) is 13.3 Å². The number of nitrogen functional groups attached to an aromatic ring is 1. The highest BCUT2D eigenvalue weighted by Gasteiger charge is 2.33. The smallest absolute Gasteiger partial charge is 0.125 e. The molecule has 15 heavy (non-hydrogen) atoms. The molecule has 2 nitrogen and oxygen atoms in total. The van der Waals surface area contributed by atoms with Crippen LogP contribution < -0.4 is 10.6 Å². The summed E-state index contributed by atoms with van der Waals surface area (Å²) in [5.74, 6) is 1.33. The van der Waals surface area contributed by atoms with Crippen molar-refractivity contribution in [2.24, 2.45) is 11.8 Å². The first-order valence-corrected chi connectivity index (χ1v) is 5.34. The van der Waals surface area contributed by atoms with E-state index in [1.807, 2.05) is 11.9 Å². The van der Waals surface area contributed by atoms with Gasteiger partial charge in [0.25, 0.3) is 0 Å². The van der Waals surface area contributed by atoms with Gasteiger partial charge >= 0.3 is 0 Å². The summed E-state index contributed by atoms with van der Waals surface area (Å²) in [5.41, 5.74) is 7.26. The van der Waals surface area contributed by atoms with Gasteiger partial charge in [-0.2, -0.15) is 0 Å². The van der Waals surface area contributed by atoms with Crippen molar-refractivity contribution in [1.82, 2.24) is 0 Å². The van der Waals surface area contributed by atoms with E-state index in [1.165, 1.54) is 18.6 Å². The molecule has 1 aromatic rings. The average Bonchev–Trinajstić information content (AvgIpc) is 2.86. The van der Waals surface area contributed by atoms with E-state index in [9.17, 15) is 4.39 Å². The Morgan fingerprint density at radius 2 is 2.20 bits per heavy atom. The molecule has 2 rings (SSSR count). The van der Waals surface area contributed by atoms with E-state index in [0.29, 0.717) is 5.69 Å². The van der Waals surface area contributed by atoms with Gasteiger partial charge in [0.2, 0.25) is 0 Å². The zero-order valence-electron chi connectivity index (χ0n) is 9.20. The Hall–Kier alpha value is -1.25. The molecule has 2 atom stereocenters. The molecule has 0 bridgehead atoms. The number of halogens is 1. The molecule has 1 aliphatic rings. The third-order valence-electron chi connectivity index (χ3n) is 3.19. The van der Waals surface area contributed by atoms with Crippen LogP contribution in [0.4, 0.5) is 15.8 Å². The highest BCUT2D eigenvalue weighted by Crippen LogP contribution is 2.39. The first-order valence-electron chi connectivity index (χ1n) is 5.34. The van der Waals surface area contributed by atoms with Gasteiger partial charge in [-0.05, 0) is 36.5 Å². The minimum Gasteiger partial charge on any atom is -0.397 e. The molecule has 0 saturated heterocycles. The molecule has 0 spiro atoms. The second-order valence-electron chi connectivity index (χ2n) is 4.56. The Balaban J connectivity index is 2.10. The van der Waals surface area contributed by atoms with Gasteiger partial charge in [-0.3, -0.25) is 0 Å². The predicted octanol–water partition coefficient (Wildman–Crippen LogP) is 2.50. The predicted molar refractivity (Wildman–Crippen MR) is 61.4 cm³/mol. The van der Waals surface area contributed by atoms with Crippen LogP contribution in [-0.2, 0) is 0 Å². The van der Waals surface area contributed by atoms with E-state index >= 15 is 0 Å². The minimum absolute atomic E-state index is 0.227. The third kappa shape index (κ3) is 2.22. The zero-order chi connectivity index (χ0) is 11.0. The van der Waals surface area contributed by atoms with Gasteiger partial charge in [0.1, 0.15) is 5.82 Å². The SMILES string of the molecule is CC1CC1CN(C)c1cc(F)ccc1N. The Bertz CT molecular complexity index is 365. The summed E-state index contributed by atoms with van der Waals surface area (Å²) in [6, 6.07) is 4.52. The third-order valence-corrected chi connectivity index (χ3v) is 3.19. The van der Waals surface area contributed by atoms with Crippen LogP contribution >= 0.6 is 0 Å². The summed E-state index contributed by atoms with van der Waals surface area (Å²) in [5, 5.41) is 0. The van der Waals surface area contributed by atoms with Crippen LogP contribution in [0.5, 0.6) is 0 Å². The molecule has 1 aromatic carbocycles. The first kappa shape index (κ1) is 10.3. The van der Waals surface area contributed by atoms with Crippen LogP contribution in [0.2, 0.25) is 0 Å². The molecular weight excluding hydrogens is 191 g/mol. The van der Waals surface area contributed by atoms with Crippen molar-refractivity contribution < 1.29 is 4.39 Å². The highest BCUT2D eigenvalue weighted by atomic mass is 19.1. The van der Waals surface area contributed by atoms with Crippen LogP contribution in [0, 0.1) is 17.7 Å². The number of hydrogen-bond donors (Lipinski definition) is 1. The van der Waals surface area contributed by atoms with Gasteiger partial charge in [0.05, 0.1) is 11.4 Å². The van der Waals surface area contributed by atoms with Gasteiger partial charge < -0.3 is 10.6 Å². The van der Waals surface area contributed by atoms with Gasteiger partial charge in [0.15, 0.2) is 0 Å². The lowest BCUT2D eigenvalue weighted by Crippen LogP contribution is -2.21. The fraction of sp³-hybridized carbons (Fsp3) is 0.500. The highest BCUT2D eigenvalue weighted by molar-refractivity contribution is 5.67. The number of hydrogen-bond acceptors (Lipinski definition) is 2. The molecule has 0 radical (unpaired) electrons. The van der Waals surface area contributed by atoms with Crippen molar-refractivity contribution in [2.75, 3.05) is 24.2 Å². The summed E-state index contributed by atoms with van der Waals surface area (Å²) in [6.45, 7) is 3.21. The Kier molecular flexibility index (Phi) is 2.55. The molecule has 82 valence electrons. The number of benzene rings is 1. The molecule has 2 unspecified atom stereocenters. The molecule has 0 heterocycles. The van der Waals surface area contributed by atoms with E-state index in [2.05, 4.69) is 6.92 Å². The number of nitrogens with two attached hydrogens (primary N) is 1. The maximum absolute atomic E-state index is 13.1. The molecule has 0 amide bonds. The van der Waals surface area contributed by atoms with Crippen molar-refractivity contribution in [3.8, 4) is 0 Å². The zero-order valence-corrected chi connectivity index (χ0v) is 9.20. The summed E-state index contributed by atoms with van der Waals surface area (Å²) in [6.07, 6.45) is 1.28. The maximum Gasteiger partial charge on any atom is 0.125 e. The van der Waals surface area contributed by atoms with Crippen molar-refractivity contribution in [3.05, 3.63) is 24.0 Å². The standard InChI is InChI=1S/C12H17FN2/c1-8-5-9(8)7-15(2)12-6-10(13)3-4-11(12)14/h3-4,6,8-9H,5,7,14H2,1-2H3. The van der Waals surface area contributed by atoms with E-state index in [1.54, 1.807) is 6.07 Å². The largest absolute Gasteiger partial charge is 0.397 e. The fourth-order valence-electron chi connectivity index (χ4n) is 1.95. The van der Waals surface area contributed by atoms with Crippen LogP contribution in [-0.4, -0.2) is 13.6 Å². The lowest BCUT2D eigenvalue weighted by atomic mass is 10.2. The van der Waals surface area contributed by atoms with Gasteiger partial charge in [0, 0.05) is 13.6 Å². The summed E-state index contributed by atoms with van der Waals surface area (Å²) < 4.78 is 13.1. The van der Waals surface area contributed by atoms with Crippen molar-refractivity contribution in [3.63, 3.8) is 0 Å². The second kappa shape index (κ2) is 3.72. The topological polar surface area (TPSA) is 29.3 Å². The molecule has 1 fully saturated rings. The number of rotatable bonds is 3. The minimum atomic E-state index is -0.227. The quantitative estimate of drug-likeness (QED) is 0.773. The number of nitrogens with zero attached hydrogens (tertiary/aromatic N) is 1. The molecule has 1 aliphatic carbocycles. The van der Waals surface area contributed by atoms with E-state index in [-0.39, 0.29) is 5.82 Å².